The van der Waals surface area contributed by atoms with Crippen LogP contribution in [-0.2, 0) is 22.1 Å². The van der Waals surface area contributed by atoms with Crippen molar-refractivity contribution in [2.75, 3.05) is 51.4 Å². The highest BCUT2D eigenvalue weighted by atomic mass is 35.5. The fourth-order valence-corrected chi connectivity index (χ4v) is 4.21. The van der Waals surface area contributed by atoms with Crippen molar-refractivity contribution in [2.45, 2.75) is 18.4 Å². The number of methoxy groups -OCH3 is 1. The third kappa shape index (κ3) is 3.15. The summed E-state index contributed by atoms with van der Waals surface area (Å²) < 4.78 is 13.1. The Kier molecular flexibility index (Phi) is 5.02. The normalized spacial score (nSPS) is 23.4. The zero-order chi connectivity index (χ0) is 19.9. The van der Waals surface area contributed by atoms with Crippen LogP contribution in [0.5, 0.6) is 0 Å². The number of fused-ring (bicyclic) bond motifs is 1. The number of halogens is 1. The Bertz CT molecular complexity index is 899. The third-order valence-corrected chi connectivity index (χ3v) is 5.68. The van der Waals surface area contributed by atoms with Gasteiger partial charge < -0.3 is 28.9 Å². The van der Waals surface area contributed by atoms with Crippen LogP contribution in [0.1, 0.15) is 18.7 Å². The van der Waals surface area contributed by atoms with Gasteiger partial charge in [-0.15, -0.1) is 0 Å². The van der Waals surface area contributed by atoms with E-state index < -0.39 is 11.7 Å². The molecule has 0 aromatic carbocycles. The maximum atomic E-state index is 11.5. The molecule has 0 aliphatic carbocycles. The van der Waals surface area contributed by atoms with Gasteiger partial charge in [0.05, 0.1) is 19.8 Å². The number of amides is 1. The summed E-state index contributed by atoms with van der Waals surface area (Å²) in [6.45, 7) is 3.29. The fraction of sp³-hybridized carbons (Fsp3) is 0.647. The molecule has 11 heteroatoms. The number of carbonyl (C=O) groups is 1. The number of morpholine rings is 1. The molecule has 152 valence electrons. The van der Waals surface area contributed by atoms with Gasteiger partial charge in [0.1, 0.15) is 11.4 Å². The minimum absolute atomic E-state index is 0.144. The predicted octanol–water partition coefficient (Wildman–Crippen LogP) is 1.47. The highest BCUT2D eigenvalue weighted by Gasteiger charge is 2.43. The highest BCUT2D eigenvalue weighted by molar-refractivity contribution is 6.28. The van der Waals surface area contributed by atoms with Crippen LogP contribution in [0.4, 0.5) is 10.6 Å². The van der Waals surface area contributed by atoms with Crippen molar-refractivity contribution in [3.8, 4) is 0 Å². The zero-order valence-corrected chi connectivity index (χ0v) is 16.6. The molecule has 4 heterocycles. The lowest BCUT2D eigenvalue weighted by molar-refractivity contribution is -0.0715. The molecule has 2 aromatic rings. The van der Waals surface area contributed by atoms with Gasteiger partial charge in [-0.1, -0.05) is 0 Å². The van der Waals surface area contributed by atoms with Gasteiger partial charge in [-0.3, -0.25) is 0 Å². The molecule has 0 radical (unpaired) electrons. The van der Waals surface area contributed by atoms with Gasteiger partial charge >= 0.3 is 6.09 Å². The zero-order valence-electron chi connectivity index (χ0n) is 15.9. The molecule has 1 atom stereocenters. The molecular weight excluding hydrogens is 388 g/mol. The Morgan fingerprint density at radius 3 is 2.68 bits per heavy atom. The van der Waals surface area contributed by atoms with Crippen molar-refractivity contribution in [1.29, 1.82) is 0 Å². The predicted molar refractivity (Wildman–Crippen MR) is 102 cm³/mol. The molecule has 1 unspecified atom stereocenters. The maximum Gasteiger partial charge on any atom is 0.407 e. The van der Waals surface area contributed by atoms with Crippen molar-refractivity contribution in [3.05, 3.63) is 11.1 Å². The minimum Gasteiger partial charge on any atom is -0.465 e. The number of imidazole rings is 1. The Hall–Kier alpha value is -2.17. The largest absolute Gasteiger partial charge is 0.465 e. The second-order valence-corrected chi connectivity index (χ2v) is 7.43. The van der Waals surface area contributed by atoms with E-state index in [0.717, 1.165) is 0 Å². The average molecular weight is 411 g/mol. The smallest absolute Gasteiger partial charge is 0.407 e. The second-order valence-electron chi connectivity index (χ2n) is 7.09. The lowest BCUT2D eigenvalue weighted by Crippen LogP contribution is -2.50. The Morgan fingerprint density at radius 2 is 2.00 bits per heavy atom. The first-order chi connectivity index (χ1) is 13.4. The number of rotatable bonds is 3. The molecule has 10 nitrogen and oxygen atoms in total. The van der Waals surface area contributed by atoms with Crippen molar-refractivity contribution in [2.24, 2.45) is 7.05 Å². The molecule has 0 saturated carbocycles. The molecule has 28 heavy (non-hydrogen) atoms. The van der Waals surface area contributed by atoms with Crippen LogP contribution in [0.3, 0.4) is 0 Å². The van der Waals surface area contributed by atoms with Crippen LogP contribution in [0.25, 0.3) is 11.2 Å². The lowest BCUT2D eigenvalue weighted by atomic mass is 9.91. The molecule has 0 bridgehead atoms. The van der Waals surface area contributed by atoms with E-state index in [0.29, 0.717) is 68.5 Å². The van der Waals surface area contributed by atoms with E-state index in [9.17, 15) is 9.90 Å². The molecule has 4 rings (SSSR count). The van der Waals surface area contributed by atoms with Gasteiger partial charge in [0.2, 0.25) is 5.28 Å². The van der Waals surface area contributed by atoms with E-state index in [1.165, 1.54) is 4.90 Å². The SMILES string of the molecule is COC1(c2nc3c(N4CCOCC4)nc(Cl)nc3n2C)CCCN(C(=O)O)C1. The van der Waals surface area contributed by atoms with E-state index >= 15 is 0 Å². The summed E-state index contributed by atoms with van der Waals surface area (Å²) in [5.41, 5.74) is 0.383. The first kappa shape index (κ1) is 19.2. The first-order valence-corrected chi connectivity index (χ1v) is 9.59. The number of hydrogen-bond acceptors (Lipinski definition) is 7. The number of aryl methyl sites for hydroxylation is 1. The molecule has 1 amide bonds. The molecule has 2 aliphatic rings. The standard InChI is InChI=1S/C17H23ClN6O4/c1-22-12-11(13(21-15(18)20-12)23-6-8-28-9-7-23)19-14(22)17(27-2)4-3-5-24(10-17)16(25)26/h3-10H2,1-2H3,(H,25,26). The molecule has 0 spiro atoms. The summed E-state index contributed by atoms with van der Waals surface area (Å²) in [6, 6.07) is 0. The van der Waals surface area contributed by atoms with Crippen molar-refractivity contribution >= 4 is 34.7 Å². The van der Waals surface area contributed by atoms with Crippen LogP contribution >= 0.6 is 11.6 Å². The van der Waals surface area contributed by atoms with Crippen LogP contribution < -0.4 is 4.90 Å². The van der Waals surface area contributed by atoms with Crippen LogP contribution in [0.15, 0.2) is 0 Å². The van der Waals surface area contributed by atoms with E-state index in [2.05, 4.69) is 14.9 Å². The van der Waals surface area contributed by atoms with Gasteiger partial charge in [0, 0.05) is 33.8 Å². The summed E-state index contributed by atoms with van der Waals surface area (Å²) >= 11 is 6.20. The van der Waals surface area contributed by atoms with Crippen LogP contribution in [-0.4, -0.2) is 82.1 Å². The van der Waals surface area contributed by atoms with Crippen molar-refractivity contribution < 1.29 is 19.4 Å². The monoisotopic (exact) mass is 410 g/mol. The molecule has 2 aliphatic heterocycles. The Labute approximate surface area is 167 Å². The summed E-state index contributed by atoms with van der Waals surface area (Å²) in [5, 5.41) is 9.60. The Balaban J connectivity index is 1.83. The average Bonchev–Trinajstić information content (AvgIpc) is 3.05. The fourth-order valence-electron chi connectivity index (χ4n) is 4.05. The van der Waals surface area contributed by atoms with Gasteiger partial charge in [0.25, 0.3) is 0 Å². The Morgan fingerprint density at radius 1 is 1.25 bits per heavy atom. The molecule has 2 aromatic heterocycles. The van der Waals surface area contributed by atoms with Crippen LogP contribution in [0, 0.1) is 0 Å². The number of aromatic nitrogens is 4. The number of likely N-dealkylation sites (tertiary alicyclic amines) is 1. The number of hydrogen-bond donors (Lipinski definition) is 1. The first-order valence-electron chi connectivity index (χ1n) is 9.21. The van der Waals surface area contributed by atoms with E-state index in [-0.39, 0.29) is 11.8 Å². The minimum atomic E-state index is -0.961. The van der Waals surface area contributed by atoms with Gasteiger partial charge in [-0.25, -0.2) is 9.78 Å². The molecule has 2 fully saturated rings. The quantitative estimate of drug-likeness (QED) is 0.758. The lowest BCUT2D eigenvalue weighted by Gasteiger charge is -2.39. The summed E-state index contributed by atoms with van der Waals surface area (Å²) in [4.78, 5) is 28.6. The topological polar surface area (TPSA) is 106 Å². The van der Waals surface area contributed by atoms with Crippen molar-refractivity contribution in [3.63, 3.8) is 0 Å². The third-order valence-electron chi connectivity index (χ3n) is 5.51. The summed E-state index contributed by atoms with van der Waals surface area (Å²) in [5.74, 6) is 1.29. The molecule has 2 saturated heterocycles. The van der Waals surface area contributed by atoms with E-state index in [1.807, 2.05) is 11.6 Å². The molecule has 1 N–H and O–H groups in total. The van der Waals surface area contributed by atoms with Gasteiger partial charge in [0.15, 0.2) is 17.0 Å². The van der Waals surface area contributed by atoms with Gasteiger partial charge in [-0.2, -0.15) is 9.97 Å². The van der Waals surface area contributed by atoms with Crippen LogP contribution in [0.2, 0.25) is 5.28 Å². The number of piperidine rings is 1. The van der Waals surface area contributed by atoms with Gasteiger partial charge in [-0.05, 0) is 24.4 Å². The maximum absolute atomic E-state index is 11.5. The summed E-state index contributed by atoms with van der Waals surface area (Å²) in [7, 11) is 3.43. The number of ether oxygens (including phenoxy) is 2. The van der Waals surface area contributed by atoms with Crippen molar-refractivity contribution in [1.82, 2.24) is 24.4 Å². The highest BCUT2D eigenvalue weighted by Crippen LogP contribution is 2.37. The van der Waals surface area contributed by atoms with E-state index in [1.54, 1.807) is 7.11 Å². The number of nitrogens with zero attached hydrogens (tertiary/aromatic N) is 6. The summed E-state index contributed by atoms with van der Waals surface area (Å²) in [6.07, 6.45) is 0.390. The molecular formula is C17H23ClN6O4. The second kappa shape index (κ2) is 7.34. The number of anilines is 1. The van der Waals surface area contributed by atoms with E-state index in [4.69, 9.17) is 26.1 Å². The number of carboxylic acid groups (broad SMARTS) is 1.